The minimum Gasteiger partial charge on any atom is -0.280 e. The number of hydrogen-bond donors (Lipinski definition) is 0. The van der Waals surface area contributed by atoms with Gasteiger partial charge in [0.1, 0.15) is 0 Å². The number of hydrogen-bond acceptors (Lipinski definition) is 2. The van der Waals surface area contributed by atoms with Crippen LogP contribution in [0.3, 0.4) is 0 Å². The lowest BCUT2D eigenvalue weighted by molar-refractivity contribution is -0.111. The van der Waals surface area contributed by atoms with Gasteiger partial charge in [-0.05, 0) is 35.7 Å². The predicted octanol–water partition coefficient (Wildman–Crippen LogP) is 2.23. The molecule has 0 fully saturated rings. The lowest BCUT2D eigenvalue weighted by atomic mass is 10.3. The highest BCUT2D eigenvalue weighted by Gasteiger charge is 2.08. The second kappa shape index (κ2) is 5.75. The Bertz CT molecular complexity index is 191. The van der Waals surface area contributed by atoms with E-state index in [2.05, 4.69) is 15.9 Å². The molecule has 1 atom stereocenters. The van der Waals surface area contributed by atoms with Gasteiger partial charge in [0.25, 0.3) is 0 Å². The zero-order valence-corrected chi connectivity index (χ0v) is 8.49. The molecule has 0 saturated heterocycles. The molecule has 62 valence electrons. The van der Waals surface area contributed by atoms with Crippen molar-refractivity contribution in [3.05, 3.63) is 12.2 Å². The van der Waals surface area contributed by atoms with E-state index in [0.29, 0.717) is 6.42 Å². The number of carbonyl (C=O) groups is 2. The SMILES string of the molecule is O=C(Cl)/C=C/CC(Br)C(=O)Cl. The van der Waals surface area contributed by atoms with Crippen LogP contribution in [0.4, 0.5) is 0 Å². The summed E-state index contributed by atoms with van der Waals surface area (Å²) < 4.78 is 0. The molecule has 0 heterocycles. The largest absolute Gasteiger partial charge is 0.280 e. The summed E-state index contributed by atoms with van der Waals surface area (Å²) in [6.45, 7) is 0. The van der Waals surface area contributed by atoms with Crippen LogP contribution < -0.4 is 0 Å². The lowest BCUT2D eigenvalue weighted by Gasteiger charge is -1.96. The molecule has 2 nitrogen and oxygen atoms in total. The zero-order valence-electron chi connectivity index (χ0n) is 5.39. The standard InChI is InChI=1S/C6H5BrCl2O2/c7-4(6(9)11)2-1-3-5(8)10/h1,3-4H,2H2/b3-1+. The van der Waals surface area contributed by atoms with E-state index in [1.165, 1.54) is 12.2 Å². The Hall–Kier alpha value is 0.140. The number of allylic oxidation sites excluding steroid dienone is 2. The molecule has 11 heavy (non-hydrogen) atoms. The van der Waals surface area contributed by atoms with Crippen molar-refractivity contribution in [2.24, 2.45) is 0 Å². The van der Waals surface area contributed by atoms with Crippen molar-refractivity contribution in [1.29, 1.82) is 0 Å². The molecule has 0 rings (SSSR count). The van der Waals surface area contributed by atoms with Crippen LogP contribution in [0.15, 0.2) is 12.2 Å². The molecular formula is C6H5BrCl2O2. The Morgan fingerprint density at radius 2 is 2.00 bits per heavy atom. The number of rotatable bonds is 4. The van der Waals surface area contributed by atoms with Crippen molar-refractivity contribution in [2.75, 3.05) is 0 Å². The first-order chi connectivity index (χ1) is 5.04. The van der Waals surface area contributed by atoms with Crippen LogP contribution in [0.25, 0.3) is 0 Å². The van der Waals surface area contributed by atoms with Crippen molar-refractivity contribution in [3.63, 3.8) is 0 Å². The van der Waals surface area contributed by atoms with Gasteiger partial charge in [-0.2, -0.15) is 0 Å². The molecule has 0 aromatic carbocycles. The normalized spacial score (nSPS) is 13.4. The third-order valence-electron chi connectivity index (χ3n) is 0.838. The van der Waals surface area contributed by atoms with Gasteiger partial charge in [0.05, 0.1) is 4.83 Å². The molecule has 1 unspecified atom stereocenters. The van der Waals surface area contributed by atoms with Crippen molar-refractivity contribution in [3.8, 4) is 0 Å². The lowest BCUT2D eigenvalue weighted by Crippen LogP contribution is -2.04. The molecule has 0 aliphatic heterocycles. The van der Waals surface area contributed by atoms with Crippen molar-refractivity contribution < 1.29 is 9.59 Å². The average Bonchev–Trinajstić information content (AvgIpc) is 1.86. The summed E-state index contributed by atoms with van der Waals surface area (Å²) in [7, 11) is 0. The minimum absolute atomic E-state index is 0.362. The number of carbonyl (C=O) groups excluding carboxylic acids is 2. The molecule has 0 radical (unpaired) electrons. The van der Waals surface area contributed by atoms with Crippen LogP contribution in [0.2, 0.25) is 0 Å². The molecule has 5 heteroatoms. The molecule has 0 N–H and O–H groups in total. The van der Waals surface area contributed by atoms with Crippen LogP contribution in [-0.2, 0) is 9.59 Å². The first kappa shape index (κ1) is 11.1. The summed E-state index contributed by atoms with van der Waals surface area (Å²) in [5.41, 5.74) is 0. The molecule has 0 bridgehead atoms. The Morgan fingerprint density at radius 1 is 1.45 bits per heavy atom. The van der Waals surface area contributed by atoms with Crippen LogP contribution in [0, 0.1) is 0 Å². The van der Waals surface area contributed by atoms with Gasteiger partial charge in [-0.3, -0.25) is 9.59 Å². The van der Waals surface area contributed by atoms with Crippen LogP contribution in [0.5, 0.6) is 0 Å². The van der Waals surface area contributed by atoms with Gasteiger partial charge in [-0.15, -0.1) is 0 Å². The summed E-state index contributed by atoms with van der Waals surface area (Å²) >= 11 is 13.1. The van der Waals surface area contributed by atoms with E-state index in [9.17, 15) is 9.59 Å². The Balaban J connectivity index is 3.70. The first-order valence-electron chi connectivity index (χ1n) is 2.73. The number of halogens is 3. The van der Waals surface area contributed by atoms with E-state index in [0.717, 1.165) is 0 Å². The Morgan fingerprint density at radius 3 is 2.36 bits per heavy atom. The second-order valence-corrected chi connectivity index (χ2v) is 3.56. The summed E-state index contributed by atoms with van der Waals surface area (Å²) in [6, 6.07) is 0. The van der Waals surface area contributed by atoms with E-state index >= 15 is 0 Å². The highest BCUT2D eigenvalue weighted by molar-refractivity contribution is 9.10. The quantitative estimate of drug-likeness (QED) is 0.441. The van der Waals surface area contributed by atoms with Crippen molar-refractivity contribution >= 4 is 49.6 Å². The van der Waals surface area contributed by atoms with E-state index in [1.54, 1.807) is 0 Å². The van der Waals surface area contributed by atoms with E-state index < -0.39 is 15.3 Å². The zero-order chi connectivity index (χ0) is 8.85. The van der Waals surface area contributed by atoms with Gasteiger partial charge < -0.3 is 0 Å². The minimum atomic E-state index is -0.563. The van der Waals surface area contributed by atoms with Crippen LogP contribution in [-0.4, -0.2) is 15.3 Å². The maximum Gasteiger partial charge on any atom is 0.244 e. The van der Waals surface area contributed by atoms with E-state index in [-0.39, 0.29) is 0 Å². The molecule has 0 aliphatic rings. The van der Waals surface area contributed by atoms with Crippen molar-refractivity contribution in [2.45, 2.75) is 11.2 Å². The molecule has 0 aromatic rings. The maximum absolute atomic E-state index is 10.4. The molecule has 0 saturated carbocycles. The van der Waals surface area contributed by atoms with Gasteiger partial charge >= 0.3 is 0 Å². The third-order valence-corrected chi connectivity index (χ3v) is 2.28. The molecule has 0 aromatic heterocycles. The Labute approximate surface area is 82.7 Å². The molecule has 0 amide bonds. The number of alkyl halides is 1. The average molecular weight is 260 g/mol. The van der Waals surface area contributed by atoms with Gasteiger partial charge in [0, 0.05) is 0 Å². The van der Waals surface area contributed by atoms with Gasteiger partial charge in [0.15, 0.2) is 0 Å². The second-order valence-electron chi connectivity index (χ2n) is 1.71. The summed E-state index contributed by atoms with van der Waals surface area (Å²) in [5.74, 6) is 0. The fourth-order valence-corrected chi connectivity index (χ4v) is 0.767. The summed E-state index contributed by atoms with van der Waals surface area (Å²) in [6.07, 6.45) is 3.02. The monoisotopic (exact) mass is 258 g/mol. The predicted molar refractivity (Wildman–Crippen MR) is 48.2 cm³/mol. The Kier molecular flexibility index (Phi) is 5.82. The van der Waals surface area contributed by atoms with Gasteiger partial charge in [-0.25, -0.2) is 0 Å². The topological polar surface area (TPSA) is 34.1 Å². The van der Waals surface area contributed by atoms with Crippen LogP contribution in [0.1, 0.15) is 6.42 Å². The van der Waals surface area contributed by atoms with Gasteiger partial charge in [-0.1, -0.05) is 22.0 Å². The molecular weight excluding hydrogens is 255 g/mol. The van der Waals surface area contributed by atoms with Gasteiger partial charge in [0.2, 0.25) is 10.5 Å². The highest BCUT2D eigenvalue weighted by atomic mass is 79.9. The third kappa shape index (κ3) is 6.53. The van der Waals surface area contributed by atoms with E-state index in [1.807, 2.05) is 0 Å². The highest BCUT2D eigenvalue weighted by Crippen LogP contribution is 2.09. The molecule has 0 spiro atoms. The van der Waals surface area contributed by atoms with Crippen molar-refractivity contribution in [1.82, 2.24) is 0 Å². The van der Waals surface area contributed by atoms with Crippen LogP contribution >= 0.6 is 39.1 Å². The fraction of sp³-hybridized carbons (Fsp3) is 0.333. The first-order valence-corrected chi connectivity index (χ1v) is 4.40. The smallest absolute Gasteiger partial charge is 0.244 e. The summed E-state index contributed by atoms with van der Waals surface area (Å²) in [4.78, 5) is 20.1. The maximum atomic E-state index is 10.4. The van der Waals surface area contributed by atoms with E-state index in [4.69, 9.17) is 23.2 Å². The molecule has 0 aliphatic carbocycles. The summed E-state index contributed by atoms with van der Waals surface area (Å²) in [5, 5.41) is -1.05. The fourth-order valence-electron chi connectivity index (χ4n) is 0.373.